The van der Waals surface area contributed by atoms with Crippen LogP contribution in [0.1, 0.15) is 11.1 Å². The summed E-state index contributed by atoms with van der Waals surface area (Å²) in [7, 11) is 0. The molecule has 0 aliphatic carbocycles. The number of ether oxygens (including phenoxy) is 1. The third kappa shape index (κ3) is 5.59. The van der Waals surface area contributed by atoms with E-state index in [0.717, 1.165) is 11.1 Å². The monoisotopic (exact) mass is 291 g/mol. The fourth-order valence-electron chi connectivity index (χ4n) is 1.26. The Hall–Kier alpha value is -2.25. The van der Waals surface area contributed by atoms with Crippen molar-refractivity contribution in [1.29, 1.82) is 0 Å². The lowest BCUT2D eigenvalue weighted by Gasteiger charge is -2.02. The Morgan fingerprint density at radius 1 is 1.50 bits per heavy atom. The van der Waals surface area contributed by atoms with Crippen LogP contribution in [0.5, 0.6) is 0 Å². The van der Waals surface area contributed by atoms with Gasteiger partial charge in [0.05, 0.1) is 6.54 Å². The molecule has 0 aromatic heterocycles. The molecule has 0 saturated heterocycles. The minimum absolute atomic E-state index is 0.105. The molecule has 0 radical (unpaired) electrons. The largest absolute Gasteiger partial charge is 0.452 e. The lowest BCUT2D eigenvalue weighted by Crippen LogP contribution is -2.28. The smallest absolute Gasteiger partial charge is 0.331 e. The van der Waals surface area contributed by atoms with Crippen molar-refractivity contribution in [2.45, 2.75) is 6.92 Å². The van der Waals surface area contributed by atoms with Crippen LogP contribution in [0.4, 0.5) is 0 Å². The number of benzene rings is 1. The molecule has 104 valence electrons. The first kappa shape index (κ1) is 15.8. The van der Waals surface area contributed by atoms with Gasteiger partial charge in [-0.2, -0.15) is 0 Å². The molecule has 1 aromatic carbocycles. The van der Waals surface area contributed by atoms with Gasteiger partial charge in [0.1, 0.15) is 0 Å². The highest BCUT2D eigenvalue weighted by atomic mass is 35.5. The van der Waals surface area contributed by atoms with Crippen LogP contribution in [-0.4, -0.2) is 25.0 Å². The number of terminal acetylenes is 1. The number of hydrogen-bond donors (Lipinski definition) is 1. The van der Waals surface area contributed by atoms with Crippen molar-refractivity contribution in [1.82, 2.24) is 5.32 Å². The highest BCUT2D eigenvalue weighted by Crippen LogP contribution is 2.17. The average Bonchev–Trinajstić information content (AvgIpc) is 2.44. The number of carbonyl (C=O) groups is 2. The van der Waals surface area contributed by atoms with E-state index in [0.29, 0.717) is 5.02 Å². The number of carbonyl (C=O) groups excluding carboxylic acids is 2. The first-order valence-corrected chi connectivity index (χ1v) is 6.22. The van der Waals surface area contributed by atoms with Crippen LogP contribution >= 0.6 is 11.6 Å². The second-order valence-corrected chi connectivity index (χ2v) is 4.34. The Bertz CT molecular complexity index is 573. The highest BCUT2D eigenvalue weighted by Gasteiger charge is 2.03. The fourth-order valence-corrected chi connectivity index (χ4v) is 1.45. The van der Waals surface area contributed by atoms with E-state index in [9.17, 15) is 9.59 Å². The summed E-state index contributed by atoms with van der Waals surface area (Å²) in [6, 6.07) is 5.41. The lowest BCUT2D eigenvalue weighted by atomic mass is 10.1. The molecule has 20 heavy (non-hydrogen) atoms. The molecule has 1 aromatic rings. The van der Waals surface area contributed by atoms with E-state index in [1.54, 1.807) is 12.1 Å². The molecule has 0 bridgehead atoms. The summed E-state index contributed by atoms with van der Waals surface area (Å²) in [5.74, 6) is 1.19. The normalized spacial score (nSPS) is 10.1. The Balaban J connectivity index is 2.45. The van der Waals surface area contributed by atoms with Crippen LogP contribution < -0.4 is 5.32 Å². The Kier molecular flexibility index (Phi) is 6.34. The SMILES string of the molecule is C#CCNC(=O)COC(=O)/C=C/c1ccc(C)c(Cl)c1. The van der Waals surface area contributed by atoms with Crippen LogP contribution in [0, 0.1) is 19.3 Å². The summed E-state index contributed by atoms with van der Waals surface area (Å²) in [5.41, 5.74) is 1.73. The molecule has 1 N–H and O–H groups in total. The highest BCUT2D eigenvalue weighted by molar-refractivity contribution is 6.31. The Morgan fingerprint density at radius 2 is 2.25 bits per heavy atom. The van der Waals surface area contributed by atoms with Crippen LogP contribution in [0.2, 0.25) is 5.02 Å². The zero-order chi connectivity index (χ0) is 15.0. The van der Waals surface area contributed by atoms with E-state index in [1.165, 1.54) is 6.08 Å². The van der Waals surface area contributed by atoms with Gasteiger partial charge in [-0.05, 0) is 30.2 Å². The number of aryl methyl sites for hydroxylation is 1. The summed E-state index contributed by atoms with van der Waals surface area (Å²) in [5, 5.41) is 3.00. The summed E-state index contributed by atoms with van der Waals surface area (Å²) in [6.45, 7) is 1.63. The quantitative estimate of drug-likeness (QED) is 0.512. The molecule has 0 unspecified atom stereocenters. The molecule has 4 nitrogen and oxygen atoms in total. The second kappa shape index (κ2) is 8.03. The fraction of sp³-hybridized carbons (Fsp3) is 0.200. The molecular formula is C15H14ClNO3. The number of hydrogen-bond acceptors (Lipinski definition) is 3. The average molecular weight is 292 g/mol. The zero-order valence-corrected chi connectivity index (χ0v) is 11.7. The van der Waals surface area contributed by atoms with Gasteiger partial charge >= 0.3 is 5.97 Å². The minimum Gasteiger partial charge on any atom is -0.452 e. The third-order valence-electron chi connectivity index (χ3n) is 2.34. The first-order chi connectivity index (χ1) is 9.52. The molecule has 1 amide bonds. The van der Waals surface area contributed by atoms with Gasteiger partial charge in [-0.1, -0.05) is 29.7 Å². The maximum absolute atomic E-state index is 11.4. The van der Waals surface area contributed by atoms with Gasteiger partial charge in [0.2, 0.25) is 0 Å². The standard InChI is InChI=1S/C15H14ClNO3/c1-3-8-17-14(18)10-20-15(19)7-6-12-5-4-11(2)13(16)9-12/h1,4-7,9H,8,10H2,2H3,(H,17,18)/b7-6+. The van der Waals surface area contributed by atoms with Crippen LogP contribution in [-0.2, 0) is 14.3 Å². The predicted molar refractivity (Wildman–Crippen MR) is 78.0 cm³/mol. The number of amides is 1. The van der Waals surface area contributed by atoms with E-state index >= 15 is 0 Å². The van der Waals surface area contributed by atoms with Gasteiger partial charge in [-0.15, -0.1) is 6.42 Å². The number of rotatable bonds is 5. The maximum Gasteiger partial charge on any atom is 0.331 e. The zero-order valence-electron chi connectivity index (χ0n) is 11.0. The summed E-state index contributed by atoms with van der Waals surface area (Å²) < 4.78 is 4.74. The van der Waals surface area contributed by atoms with Crippen LogP contribution in [0.25, 0.3) is 6.08 Å². The van der Waals surface area contributed by atoms with Gasteiger partial charge in [0.15, 0.2) is 6.61 Å². The maximum atomic E-state index is 11.4. The second-order valence-electron chi connectivity index (χ2n) is 3.93. The van der Waals surface area contributed by atoms with Crippen molar-refractivity contribution in [2.24, 2.45) is 0 Å². The van der Waals surface area contributed by atoms with Gasteiger partial charge in [-0.25, -0.2) is 4.79 Å². The first-order valence-electron chi connectivity index (χ1n) is 5.84. The summed E-state index contributed by atoms with van der Waals surface area (Å²) >= 11 is 5.96. The third-order valence-corrected chi connectivity index (χ3v) is 2.75. The molecule has 0 heterocycles. The van der Waals surface area contributed by atoms with Gasteiger partial charge < -0.3 is 10.1 Å². The predicted octanol–water partition coefficient (Wildman–Crippen LogP) is 1.95. The van der Waals surface area contributed by atoms with E-state index in [2.05, 4.69) is 11.2 Å². The van der Waals surface area contributed by atoms with Crippen LogP contribution in [0.15, 0.2) is 24.3 Å². The Morgan fingerprint density at radius 3 is 2.90 bits per heavy atom. The van der Waals surface area contributed by atoms with Crippen molar-refractivity contribution in [3.8, 4) is 12.3 Å². The van der Waals surface area contributed by atoms with E-state index < -0.39 is 11.9 Å². The molecule has 1 rings (SSSR count). The van der Waals surface area contributed by atoms with Crippen LogP contribution in [0.3, 0.4) is 0 Å². The van der Waals surface area contributed by atoms with Crippen molar-refractivity contribution in [3.63, 3.8) is 0 Å². The molecule has 0 aliphatic heterocycles. The number of halogens is 1. The van der Waals surface area contributed by atoms with E-state index in [4.69, 9.17) is 22.8 Å². The van der Waals surface area contributed by atoms with Crippen molar-refractivity contribution >= 4 is 29.6 Å². The van der Waals surface area contributed by atoms with E-state index in [1.807, 2.05) is 19.1 Å². The van der Waals surface area contributed by atoms with E-state index in [-0.39, 0.29) is 13.2 Å². The molecular weight excluding hydrogens is 278 g/mol. The molecule has 0 fully saturated rings. The number of nitrogens with one attached hydrogen (secondary N) is 1. The topological polar surface area (TPSA) is 55.4 Å². The summed E-state index contributed by atoms with van der Waals surface area (Å²) in [4.78, 5) is 22.5. The van der Waals surface area contributed by atoms with Gasteiger partial charge in [-0.3, -0.25) is 4.79 Å². The Labute approximate surface area is 122 Å². The van der Waals surface area contributed by atoms with Gasteiger partial charge in [0, 0.05) is 11.1 Å². The molecule has 0 atom stereocenters. The van der Waals surface area contributed by atoms with Gasteiger partial charge in [0.25, 0.3) is 5.91 Å². The number of esters is 1. The lowest BCUT2D eigenvalue weighted by molar-refractivity contribution is -0.143. The minimum atomic E-state index is -0.613. The van der Waals surface area contributed by atoms with Crippen molar-refractivity contribution in [2.75, 3.05) is 13.2 Å². The molecule has 5 heteroatoms. The molecule has 0 spiro atoms. The summed E-state index contributed by atoms with van der Waals surface area (Å²) in [6.07, 6.45) is 7.77. The molecule has 0 saturated carbocycles. The van der Waals surface area contributed by atoms with Crippen molar-refractivity contribution in [3.05, 3.63) is 40.4 Å². The molecule has 0 aliphatic rings. The van der Waals surface area contributed by atoms with Crippen molar-refractivity contribution < 1.29 is 14.3 Å².